The number of carbonyl (C=O) groups is 1. The first kappa shape index (κ1) is 10.9. The summed E-state index contributed by atoms with van der Waals surface area (Å²) in [5, 5.41) is 3.25. The van der Waals surface area contributed by atoms with Crippen molar-refractivity contribution in [1.29, 1.82) is 0 Å². The van der Waals surface area contributed by atoms with Crippen molar-refractivity contribution in [3.05, 3.63) is 0 Å². The third-order valence-corrected chi connectivity index (χ3v) is 3.23. The molecule has 0 amide bonds. The van der Waals surface area contributed by atoms with Crippen molar-refractivity contribution in [2.75, 3.05) is 31.7 Å². The van der Waals surface area contributed by atoms with Gasteiger partial charge in [-0.05, 0) is 31.2 Å². The average molecular weight is 203 g/mol. The predicted molar refractivity (Wildman–Crippen MR) is 54.9 cm³/mol. The molecule has 1 aliphatic heterocycles. The maximum atomic E-state index is 10.7. The number of thioether (sulfide) groups is 1. The van der Waals surface area contributed by atoms with Gasteiger partial charge in [0.2, 0.25) is 0 Å². The van der Waals surface area contributed by atoms with Gasteiger partial charge in [-0.3, -0.25) is 4.79 Å². The average Bonchev–Trinajstić information content (AvgIpc) is 2.07. The summed E-state index contributed by atoms with van der Waals surface area (Å²) < 4.78 is 4.55. The van der Waals surface area contributed by atoms with Gasteiger partial charge in [0.25, 0.3) is 0 Å². The predicted octanol–water partition coefficient (Wildman–Crippen LogP) is 0.892. The number of methoxy groups -OCH3 is 1. The third-order valence-electron chi connectivity index (χ3n) is 2.21. The summed E-state index contributed by atoms with van der Waals surface area (Å²) in [4.78, 5) is 10.7. The van der Waals surface area contributed by atoms with E-state index in [0.29, 0.717) is 6.42 Å². The molecule has 0 saturated carbocycles. The molecule has 3 nitrogen and oxygen atoms in total. The zero-order valence-corrected chi connectivity index (χ0v) is 8.86. The molecule has 1 saturated heterocycles. The molecule has 0 aliphatic carbocycles. The molecule has 13 heavy (non-hydrogen) atoms. The number of hydrogen-bond donors (Lipinski definition) is 1. The summed E-state index contributed by atoms with van der Waals surface area (Å²) in [6.45, 7) is 2.36. The number of carbonyl (C=O) groups excluding carboxylic acids is 1. The molecule has 76 valence electrons. The van der Waals surface area contributed by atoms with Crippen LogP contribution in [0, 0.1) is 5.92 Å². The Morgan fingerprint density at radius 2 is 2.31 bits per heavy atom. The SMILES string of the molecule is COC(=O)CCSCCC1CNC1. The van der Waals surface area contributed by atoms with Crippen LogP contribution in [0.3, 0.4) is 0 Å². The first-order valence-electron chi connectivity index (χ1n) is 4.68. The van der Waals surface area contributed by atoms with Gasteiger partial charge in [0.05, 0.1) is 13.5 Å². The molecule has 1 N–H and O–H groups in total. The van der Waals surface area contributed by atoms with Crippen LogP contribution in [0.2, 0.25) is 0 Å². The summed E-state index contributed by atoms with van der Waals surface area (Å²) in [5.41, 5.74) is 0. The Kier molecular flexibility index (Phi) is 5.23. The fraction of sp³-hybridized carbons (Fsp3) is 0.889. The second-order valence-electron chi connectivity index (χ2n) is 3.25. The highest BCUT2D eigenvalue weighted by atomic mass is 32.2. The maximum Gasteiger partial charge on any atom is 0.306 e. The summed E-state index contributed by atoms with van der Waals surface area (Å²) in [5.74, 6) is 2.85. The molecule has 0 atom stereocenters. The maximum absolute atomic E-state index is 10.7. The minimum Gasteiger partial charge on any atom is -0.469 e. The van der Waals surface area contributed by atoms with Crippen LogP contribution in [0.1, 0.15) is 12.8 Å². The molecular weight excluding hydrogens is 186 g/mol. The fourth-order valence-electron chi connectivity index (χ4n) is 1.16. The summed E-state index contributed by atoms with van der Waals surface area (Å²) >= 11 is 1.85. The van der Waals surface area contributed by atoms with E-state index in [2.05, 4.69) is 10.1 Å². The molecule has 1 fully saturated rings. The highest BCUT2D eigenvalue weighted by molar-refractivity contribution is 7.99. The van der Waals surface area contributed by atoms with Crippen molar-refractivity contribution >= 4 is 17.7 Å². The van der Waals surface area contributed by atoms with Crippen molar-refractivity contribution in [1.82, 2.24) is 5.32 Å². The molecule has 0 aromatic heterocycles. The van der Waals surface area contributed by atoms with Gasteiger partial charge in [-0.25, -0.2) is 0 Å². The lowest BCUT2D eigenvalue weighted by Gasteiger charge is -2.26. The number of ether oxygens (including phenoxy) is 1. The van der Waals surface area contributed by atoms with Crippen LogP contribution in [0.5, 0.6) is 0 Å². The van der Waals surface area contributed by atoms with Crippen LogP contribution in [-0.2, 0) is 9.53 Å². The molecule has 0 aromatic rings. The molecule has 0 radical (unpaired) electrons. The van der Waals surface area contributed by atoms with Crippen LogP contribution in [0.15, 0.2) is 0 Å². The molecular formula is C9H17NO2S. The minimum absolute atomic E-state index is 0.0992. The molecule has 0 unspecified atom stereocenters. The lowest BCUT2D eigenvalue weighted by atomic mass is 10.0. The van der Waals surface area contributed by atoms with Crippen molar-refractivity contribution < 1.29 is 9.53 Å². The zero-order chi connectivity index (χ0) is 9.52. The largest absolute Gasteiger partial charge is 0.469 e. The Labute approximate surface area is 83.6 Å². The number of nitrogens with one attached hydrogen (secondary N) is 1. The van der Waals surface area contributed by atoms with Crippen LogP contribution in [-0.4, -0.2) is 37.7 Å². The highest BCUT2D eigenvalue weighted by Crippen LogP contribution is 2.13. The van der Waals surface area contributed by atoms with Gasteiger partial charge < -0.3 is 10.1 Å². The number of rotatable bonds is 6. The van der Waals surface area contributed by atoms with E-state index < -0.39 is 0 Å². The van der Waals surface area contributed by atoms with E-state index in [9.17, 15) is 4.79 Å². The number of esters is 1. The molecule has 1 aliphatic rings. The summed E-state index contributed by atoms with van der Waals surface area (Å²) in [6.07, 6.45) is 1.82. The highest BCUT2D eigenvalue weighted by Gasteiger charge is 2.15. The topological polar surface area (TPSA) is 38.3 Å². The molecule has 4 heteroatoms. The quantitative estimate of drug-likeness (QED) is 0.514. The van der Waals surface area contributed by atoms with Crippen LogP contribution in [0.4, 0.5) is 0 Å². The van der Waals surface area contributed by atoms with Gasteiger partial charge >= 0.3 is 5.97 Å². The van der Waals surface area contributed by atoms with Gasteiger partial charge in [0.15, 0.2) is 0 Å². The molecule has 1 rings (SSSR count). The first-order chi connectivity index (χ1) is 6.33. The van der Waals surface area contributed by atoms with Gasteiger partial charge in [0.1, 0.15) is 0 Å². The minimum atomic E-state index is -0.0992. The molecule has 0 spiro atoms. The Morgan fingerprint density at radius 1 is 1.54 bits per heavy atom. The Bertz CT molecular complexity index is 160. The fourth-order valence-corrected chi connectivity index (χ4v) is 2.18. The van der Waals surface area contributed by atoms with Gasteiger partial charge in [-0.2, -0.15) is 11.8 Å². The molecule has 1 heterocycles. The van der Waals surface area contributed by atoms with Crippen LogP contribution >= 0.6 is 11.8 Å². The Morgan fingerprint density at radius 3 is 2.85 bits per heavy atom. The number of hydrogen-bond acceptors (Lipinski definition) is 4. The van der Waals surface area contributed by atoms with Crippen LogP contribution < -0.4 is 5.32 Å². The van der Waals surface area contributed by atoms with Crippen molar-refractivity contribution in [3.8, 4) is 0 Å². The third kappa shape index (κ3) is 4.52. The van der Waals surface area contributed by atoms with Gasteiger partial charge in [-0.15, -0.1) is 0 Å². The van der Waals surface area contributed by atoms with E-state index in [1.807, 2.05) is 11.8 Å². The monoisotopic (exact) mass is 203 g/mol. The summed E-state index contributed by atoms with van der Waals surface area (Å²) in [6, 6.07) is 0. The van der Waals surface area contributed by atoms with Crippen molar-refractivity contribution in [2.24, 2.45) is 5.92 Å². The van der Waals surface area contributed by atoms with Crippen LogP contribution in [0.25, 0.3) is 0 Å². The lowest BCUT2D eigenvalue weighted by Crippen LogP contribution is -2.42. The second-order valence-corrected chi connectivity index (χ2v) is 4.48. The molecule has 0 aromatic carbocycles. The smallest absolute Gasteiger partial charge is 0.306 e. The van der Waals surface area contributed by atoms with E-state index in [1.165, 1.54) is 32.4 Å². The van der Waals surface area contributed by atoms with E-state index in [4.69, 9.17) is 0 Å². The Balaban J connectivity index is 1.80. The van der Waals surface area contributed by atoms with E-state index in [1.54, 1.807) is 0 Å². The zero-order valence-electron chi connectivity index (χ0n) is 8.04. The van der Waals surface area contributed by atoms with Gasteiger partial charge in [0, 0.05) is 5.75 Å². The molecule has 0 bridgehead atoms. The summed E-state index contributed by atoms with van der Waals surface area (Å²) in [7, 11) is 1.44. The lowest BCUT2D eigenvalue weighted by molar-refractivity contribution is -0.140. The second kappa shape index (κ2) is 6.27. The van der Waals surface area contributed by atoms with E-state index >= 15 is 0 Å². The van der Waals surface area contributed by atoms with E-state index in [0.717, 1.165) is 11.7 Å². The standard InChI is InChI=1S/C9H17NO2S/c1-12-9(11)3-5-13-4-2-8-6-10-7-8/h8,10H,2-7H2,1H3. The normalized spacial score (nSPS) is 16.7. The van der Waals surface area contributed by atoms with Gasteiger partial charge in [-0.1, -0.05) is 0 Å². The Hall–Kier alpha value is -0.220. The van der Waals surface area contributed by atoms with Crippen molar-refractivity contribution in [2.45, 2.75) is 12.8 Å². The van der Waals surface area contributed by atoms with E-state index in [-0.39, 0.29) is 5.97 Å². The van der Waals surface area contributed by atoms with Crippen molar-refractivity contribution in [3.63, 3.8) is 0 Å². The first-order valence-corrected chi connectivity index (χ1v) is 5.83.